The Morgan fingerprint density at radius 2 is 2.11 bits per heavy atom. The molecule has 104 valence electrons. The smallest absolute Gasteiger partial charge is 0.257 e. The molecule has 0 bridgehead atoms. The van der Waals surface area contributed by atoms with E-state index < -0.39 is 0 Å². The van der Waals surface area contributed by atoms with Crippen LogP contribution in [-0.2, 0) is 0 Å². The monoisotopic (exact) mass is 263 g/mol. The SMILES string of the molecule is CN(CC1(N(C)C)CCC1)C(=O)c1ccncc1O. The van der Waals surface area contributed by atoms with Gasteiger partial charge in [0, 0.05) is 25.3 Å². The van der Waals surface area contributed by atoms with E-state index in [1.807, 2.05) is 0 Å². The first-order valence-corrected chi connectivity index (χ1v) is 6.52. The zero-order valence-electron chi connectivity index (χ0n) is 11.8. The summed E-state index contributed by atoms with van der Waals surface area (Å²) in [6.07, 6.45) is 6.25. The number of likely N-dealkylation sites (N-methyl/N-ethyl adjacent to an activating group) is 2. The van der Waals surface area contributed by atoms with Gasteiger partial charge in [-0.3, -0.25) is 9.78 Å². The third kappa shape index (κ3) is 2.56. The van der Waals surface area contributed by atoms with Gasteiger partial charge in [0.1, 0.15) is 5.75 Å². The van der Waals surface area contributed by atoms with Gasteiger partial charge in [0.2, 0.25) is 0 Å². The average Bonchev–Trinajstić information content (AvgIpc) is 2.32. The summed E-state index contributed by atoms with van der Waals surface area (Å²) in [6, 6.07) is 1.55. The van der Waals surface area contributed by atoms with E-state index in [1.54, 1.807) is 18.0 Å². The molecule has 5 heteroatoms. The summed E-state index contributed by atoms with van der Waals surface area (Å²) in [5.74, 6) is -0.222. The first-order chi connectivity index (χ1) is 8.96. The van der Waals surface area contributed by atoms with Crippen LogP contribution in [0.2, 0.25) is 0 Å². The minimum Gasteiger partial charge on any atom is -0.505 e. The molecule has 1 heterocycles. The largest absolute Gasteiger partial charge is 0.505 e. The standard InChI is InChI=1S/C14H21N3O2/c1-16(2)14(6-4-7-14)10-17(3)13(19)11-5-8-15-9-12(11)18/h5,8-9,18H,4,6-7,10H2,1-3H3. The summed E-state index contributed by atoms with van der Waals surface area (Å²) < 4.78 is 0. The number of nitrogens with zero attached hydrogens (tertiary/aromatic N) is 3. The second-order valence-electron chi connectivity index (χ2n) is 5.53. The quantitative estimate of drug-likeness (QED) is 0.890. The van der Waals surface area contributed by atoms with Crippen LogP contribution in [0.5, 0.6) is 5.75 Å². The van der Waals surface area contributed by atoms with E-state index in [-0.39, 0.29) is 17.2 Å². The van der Waals surface area contributed by atoms with E-state index in [9.17, 15) is 9.90 Å². The van der Waals surface area contributed by atoms with E-state index >= 15 is 0 Å². The van der Waals surface area contributed by atoms with Crippen molar-refractivity contribution in [3.8, 4) is 5.75 Å². The molecule has 1 aromatic rings. The zero-order valence-corrected chi connectivity index (χ0v) is 11.8. The number of aromatic nitrogens is 1. The van der Waals surface area contributed by atoms with Crippen LogP contribution in [0.3, 0.4) is 0 Å². The van der Waals surface area contributed by atoms with Crippen molar-refractivity contribution in [3.05, 3.63) is 24.0 Å². The predicted octanol–water partition coefficient (Wildman–Crippen LogP) is 1.34. The Hall–Kier alpha value is -1.62. The third-order valence-corrected chi connectivity index (χ3v) is 4.14. The van der Waals surface area contributed by atoms with Crippen LogP contribution >= 0.6 is 0 Å². The lowest BCUT2D eigenvalue weighted by molar-refractivity contribution is 0.0251. The summed E-state index contributed by atoms with van der Waals surface area (Å²) in [4.78, 5) is 20.0. The van der Waals surface area contributed by atoms with Gasteiger partial charge in [-0.15, -0.1) is 0 Å². The Bertz CT molecular complexity index is 470. The molecule has 2 rings (SSSR count). The van der Waals surface area contributed by atoms with Crippen LogP contribution in [0, 0.1) is 0 Å². The van der Waals surface area contributed by atoms with Crippen molar-refractivity contribution in [2.24, 2.45) is 0 Å². The van der Waals surface area contributed by atoms with Crippen molar-refractivity contribution >= 4 is 5.91 Å². The molecule has 1 aliphatic rings. The van der Waals surface area contributed by atoms with Crippen molar-refractivity contribution in [3.63, 3.8) is 0 Å². The molecule has 0 aliphatic heterocycles. The maximum absolute atomic E-state index is 12.3. The topological polar surface area (TPSA) is 56.7 Å². The molecule has 0 saturated heterocycles. The van der Waals surface area contributed by atoms with Gasteiger partial charge < -0.3 is 14.9 Å². The van der Waals surface area contributed by atoms with Crippen LogP contribution in [0.15, 0.2) is 18.5 Å². The number of amides is 1. The number of hydrogen-bond acceptors (Lipinski definition) is 4. The van der Waals surface area contributed by atoms with E-state index in [0.717, 1.165) is 12.8 Å². The van der Waals surface area contributed by atoms with Gasteiger partial charge in [-0.1, -0.05) is 0 Å². The van der Waals surface area contributed by atoms with Crippen LogP contribution in [0.4, 0.5) is 0 Å². The summed E-state index contributed by atoms with van der Waals surface area (Å²) >= 11 is 0. The fourth-order valence-corrected chi connectivity index (χ4v) is 2.62. The molecule has 1 amide bonds. The molecule has 19 heavy (non-hydrogen) atoms. The molecule has 1 aromatic heterocycles. The van der Waals surface area contributed by atoms with E-state index in [0.29, 0.717) is 12.1 Å². The molecule has 1 aliphatic carbocycles. The van der Waals surface area contributed by atoms with Crippen LogP contribution in [0.25, 0.3) is 0 Å². The van der Waals surface area contributed by atoms with Gasteiger partial charge in [-0.25, -0.2) is 0 Å². The van der Waals surface area contributed by atoms with Crippen molar-refractivity contribution in [2.75, 3.05) is 27.7 Å². The highest BCUT2D eigenvalue weighted by Gasteiger charge is 2.40. The number of rotatable bonds is 4. The molecule has 0 spiro atoms. The molecular formula is C14H21N3O2. The van der Waals surface area contributed by atoms with Gasteiger partial charge in [0.15, 0.2) is 0 Å². The molecule has 1 N–H and O–H groups in total. The Labute approximate surface area is 113 Å². The van der Waals surface area contributed by atoms with Crippen LogP contribution in [-0.4, -0.2) is 59.0 Å². The summed E-state index contributed by atoms with van der Waals surface area (Å²) in [7, 11) is 5.90. The van der Waals surface area contributed by atoms with Crippen molar-refractivity contribution < 1.29 is 9.90 Å². The summed E-state index contributed by atoms with van der Waals surface area (Å²) in [5.41, 5.74) is 0.401. The maximum atomic E-state index is 12.3. The number of aromatic hydroxyl groups is 1. The van der Waals surface area contributed by atoms with Crippen molar-refractivity contribution in [1.29, 1.82) is 0 Å². The Balaban J connectivity index is 2.10. The lowest BCUT2D eigenvalue weighted by Crippen LogP contribution is -2.57. The first kappa shape index (κ1) is 13.8. The molecule has 0 aromatic carbocycles. The lowest BCUT2D eigenvalue weighted by atomic mass is 9.75. The van der Waals surface area contributed by atoms with Gasteiger partial charge >= 0.3 is 0 Å². The molecule has 1 fully saturated rings. The van der Waals surface area contributed by atoms with Gasteiger partial charge in [0.05, 0.1) is 11.8 Å². The second-order valence-corrected chi connectivity index (χ2v) is 5.53. The number of hydrogen-bond donors (Lipinski definition) is 1. The maximum Gasteiger partial charge on any atom is 0.257 e. The van der Waals surface area contributed by atoms with Gasteiger partial charge in [-0.05, 0) is 39.4 Å². The Kier molecular flexibility index (Phi) is 3.75. The van der Waals surface area contributed by atoms with Crippen molar-refractivity contribution in [2.45, 2.75) is 24.8 Å². The molecular weight excluding hydrogens is 242 g/mol. The molecule has 5 nitrogen and oxygen atoms in total. The molecule has 0 radical (unpaired) electrons. The average molecular weight is 263 g/mol. The molecule has 0 unspecified atom stereocenters. The van der Waals surface area contributed by atoms with E-state index in [2.05, 4.69) is 24.0 Å². The second kappa shape index (κ2) is 5.17. The summed E-state index contributed by atoms with van der Waals surface area (Å²) in [6.45, 7) is 0.681. The van der Waals surface area contributed by atoms with E-state index in [4.69, 9.17) is 0 Å². The van der Waals surface area contributed by atoms with Crippen LogP contribution < -0.4 is 0 Å². The highest BCUT2D eigenvalue weighted by Crippen LogP contribution is 2.37. The Morgan fingerprint density at radius 3 is 2.58 bits per heavy atom. The van der Waals surface area contributed by atoms with Gasteiger partial charge in [0.25, 0.3) is 5.91 Å². The normalized spacial score (nSPS) is 17.1. The lowest BCUT2D eigenvalue weighted by Gasteiger charge is -2.49. The van der Waals surface area contributed by atoms with Crippen molar-refractivity contribution in [1.82, 2.24) is 14.8 Å². The molecule has 0 atom stereocenters. The number of carbonyl (C=O) groups excluding carboxylic acids is 1. The number of carbonyl (C=O) groups is 1. The fraction of sp³-hybridized carbons (Fsp3) is 0.571. The highest BCUT2D eigenvalue weighted by molar-refractivity contribution is 5.96. The minimum atomic E-state index is -0.159. The predicted molar refractivity (Wildman–Crippen MR) is 73.1 cm³/mol. The molecule has 1 saturated carbocycles. The highest BCUT2D eigenvalue weighted by atomic mass is 16.3. The fourth-order valence-electron chi connectivity index (χ4n) is 2.62. The zero-order chi connectivity index (χ0) is 14.0. The van der Waals surface area contributed by atoms with Gasteiger partial charge in [-0.2, -0.15) is 0 Å². The third-order valence-electron chi connectivity index (χ3n) is 4.14. The minimum absolute atomic E-state index is 0.0631. The van der Waals surface area contributed by atoms with E-state index in [1.165, 1.54) is 18.8 Å². The number of pyridine rings is 1. The first-order valence-electron chi connectivity index (χ1n) is 6.52. The summed E-state index contributed by atoms with van der Waals surface area (Å²) in [5, 5.41) is 9.69. The van der Waals surface area contributed by atoms with Crippen LogP contribution in [0.1, 0.15) is 29.6 Å². The Morgan fingerprint density at radius 1 is 1.42 bits per heavy atom.